The highest BCUT2D eigenvalue weighted by Crippen LogP contribution is 2.47. The van der Waals surface area contributed by atoms with Crippen LogP contribution in [0.2, 0.25) is 5.02 Å². The Morgan fingerprint density at radius 3 is 2.81 bits per heavy atom. The minimum absolute atomic E-state index is 0.115. The predicted octanol–water partition coefficient (Wildman–Crippen LogP) is 3.72. The lowest BCUT2D eigenvalue weighted by atomic mass is 9.90. The molecular formula is C22H22ClF2N7O2S2. The van der Waals surface area contributed by atoms with Crippen LogP contribution in [-0.2, 0) is 10.2 Å². The number of nitrogens with zero attached hydrogens (tertiary/aromatic N) is 5. The normalized spacial score (nSPS) is 20.3. The summed E-state index contributed by atoms with van der Waals surface area (Å²) >= 11 is 8.09. The van der Waals surface area contributed by atoms with Crippen molar-refractivity contribution in [2.75, 3.05) is 13.1 Å². The minimum atomic E-state index is -3.88. The minimum Gasteiger partial charge on any atom is -0.327 e. The highest BCUT2D eigenvalue weighted by Gasteiger charge is 2.40. The van der Waals surface area contributed by atoms with Crippen LogP contribution in [0, 0.1) is 12.8 Å². The number of aromatic nitrogens is 3. The van der Waals surface area contributed by atoms with Crippen molar-refractivity contribution < 1.29 is 17.2 Å². The first kappa shape index (κ1) is 25.0. The molecule has 36 heavy (non-hydrogen) atoms. The van der Waals surface area contributed by atoms with Gasteiger partial charge in [0.25, 0.3) is 10.2 Å². The van der Waals surface area contributed by atoms with Gasteiger partial charge in [-0.05, 0) is 36.5 Å². The number of benzene rings is 1. The maximum absolute atomic E-state index is 13.4. The third-order valence-corrected chi connectivity index (χ3v) is 7.77. The quantitative estimate of drug-likeness (QED) is 0.462. The van der Waals surface area contributed by atoms with Crippen LogP contribution in [0.15, 0.2) is 52.9 Å². The lowest BCUT2D eigenvalue weighted by molar-refractivity contribution is 0.0566. The summed E-state index contributed by atoms with van der Waals surface area (Å²) in [6.07, 6.45) is 4.82. The van der Waals surface area contributed by atoms with Crippen LogP contribution >= 0.6 is 22.9 Å². The fourth-order valence-electron chi connectivity index (χ4n) is 4.56. The first-order chi connectivity index (χ1) is 17.1. The van der Waals surface area contributed by atoms with Gasteiger partial charge in [-0.3, -0.25) is 4.99 Å². The summed E-state index contributed by atoms with van der Waals surface area (Å²) in [7, 11) is -3.88. The molecule has 4 heterocycles. The summed E-state index contributed by atoms with van der Waals surface area (Å²) in [6.45, 7) is -0.315. The van der Waals surface area contributed by atoms with Gasteiger partial charge < -0.3 is 4.90 Å². The molecule has 0 aliphatic carbocycles. The summed E-state index contributed by atoms with van der Waals surface area (Å²) in [6, 6.07) is 5.03. The number of alkyl halides is 2. The number of thiazole rings is 1. The van der Waals surface area contributed by atoms with Crippen LogP contribution in [0.25, 0.3) is 5.57 Å². The van der Waals surface area contributed by atoms with Gasteiger partial charge >= 0.3 is 6.55 Å². The Labute approximate surface area is 215 Å². The van der Waals surface area contributed by atoms with Gasteiger partial charge in [0.1, 0.15) is 6.04 Å². The van der Waals surface area contributed by atoms with Crippen molar-refractivity contribution >= 4 is 44.6 Å². The monoisotopic (exact) mass is 553 g/mol. The summed E-state index contributed by atoms with van der Waals surface area (Å²) in [5, 5.41) is 12.0. The van der Waals surface area contributed by atoms with Crippen molar-refractivity contribution in [3.8, 4) is 0 Å². The van der Waals surface area contributed by atoms with Gasteiger partial charge in [0.2, 0.25) is 0 Å². The molecule has 0 saturated carbocycles. The summed E-state index contributed by atoms with van der Waals surface area (Å²) in [5.74, 6) is 0.473. The Morgan fingerprint density at radius 2 is 2.17 bits per heavy atom. The molecule has 9 nitrogen and oxygen atoms in total. The lowest BCUT2D eigenvalue weighted by Gasteiger charge is -2.32. The molecular weight excluding hydrogens is 532 g/mol. The number of hydrogen-bond acceptors (Lipinski definition) is 7. The molecule has 0 bridgehead atoms. The van der Waals surface area contributed by atoms with Crippen molar-refractivity contribution in [2.45, 2.75) is 25.9 Å². The fourth-order valence-corrected chi connectivity index (χ4v) is 6.01. The summed E-state index contributed by atoms with van der Waals surface area (Å²) < 4.78 is 52.8. The van der Waals surface area contributed by atoms with E-state index >= 15 is 0 Å². The van der Waals surface area contributed by atoms with Gasteiger partial charge in [-0.15, -0.1) is 11.3 Å². The molecule has 2 atom stereocenters. The van der Waals surface area contributed by atoms with E-state index in [2.05, 4.69) is 14.8 Å². The SMILES string of the molecule is Cc1ccc([C@@H]2N=C(c3nccs3)N3CC(CNS(N)(=O)=O)CC3=C2c2cnn(C(F)F)c2)c(Cl)c1. The predicted molar refractivity (Wildman–Crippen MR) is 134 cm³/mol. The van der Waals surface area contributed by atoms with E-state index in [1.165, 1.54) is 23.7 Å². The average Bonchev–Trinajstić information content (AvgIpc) is 3.57. The van der Waals surface area contributed by atoms with E-state index in [1.807, 2.05) is 35.4 Å². The van der Waals surface area contributed by atoms with Gasteiger partial charge in [-0.2, -0.15) is 22.3 Å². The molecule has 1 saturated heterocycles. The maximum Gasteiger partial charge on any atom is 0.333 e. The molecule has 2 aliphatic heterocycles. The van der Waals surface area contributed by atoms with Crippen molar-refractivity contribution in [3.05, 3.63) is 74.6 Å². The third kappa shape index (κ3) is 4.93. The number of allylic oxidation sites excluding steroid dienone is 1. The van der Waals surface area contributed by atoms with E-state index in [4.69, 9.17) is 21.7 Å². The van der Waals surface area contributed by atoms with Crippen molar-refractivity contribution in [2.24, 2.45) is 16.0 Å². The van der Waals surface area contributed by atoms with E-state index in [1.54, 1.807) is 6.20 Å². The smallest absolute Gasteiger partial charge is 0.327 e. The molecule has 3 N–H and O–H groups in total. The number of halogens is 3. The highest BCUT2D eigenvalue weighted by molar-refractivity contribution is 7.87. The largest absolute Gasteiger partial charge is 0.333 e. The molecule has 0 radical (unpaired) electrons. The van der Waals surface area contributed by atoms with Gasteiger partial charge in [-0.1, -0.05) is 23.7 Å². The maximum atomic E-state index is 13.4. The molecule has 1 fully saturated rings. The highest BCUT2D eigenvalue weighted by atomic mass is 35.5. The van der Waals surface area contributed by atoms with Crippen LogP contribution in [0.5, 0.6) is 0 Å². The molecule has 5 rings (SSSR count). The van der Waals surface area contributed by atoms with Crippen molar-refractivity contribution in [3.63, 3.8) is 0 Å². The Hall–Kier alpha value is -2.71. The molecule has 2 aromatic heterocycles. The first-order valence-corrected chi connectivity index (χ1v) is 13.8. The third-order valence-electron chi connectivity index (χ3n) is 6.10. The second kappa shape index (κ2) is 9.63. The number of aryl methyl sites for hydroxylation is 1. The number of amidine groups is 1. The Kier molecular flexibility index (Phi) is 6.68. The molecule has 3 aromatic rings. The molecule has 1 unspecified atom stereocenters. The number of nitrogens with one attached hydrogen (secondary N) is 1. The number of hydrogen-bond donors (Lipinski definition) is 2. The van der Waals surface area contributed by atoms with Gasteiger partial charge in [0.05, 0.1) is 6.20 Å². The fraction of sp³-hybridized carbons (Fsp3) is 0.318. The van der Waals surface area contributed by atoms with Crippen LogP contribution < -0.4 is 9.86 Å². The zero-order valence-electron chi connectivity index (χ0n) is 19.0. The van der Waals surface area contributed by atoms with E-state index in [-0.39, 0.29) is 12.5 Å². The molecule has 14 heteroatoms. The molecule has 0 amide bonds. The Morgan fingerprint density at radius 1 is 1.36 bits per heavy atom. The molecule has 1 aromatic carbocycles. The van der Waals surface area contributed by atoms with Gasteiger partial charge in [0, 0.05) is 52.7 Å². The number of fused-ring (bicyclic) bond motifs is 1. The zero-order chi connectivity index (χ0) is 25.6. The zero-order valence-corrected chi connectivity index (χ0v) is 21.4. The average molecular weight is 554 g/mol. The van der Waals surface area contributed by atoms with E-state index < -0.39 is 22.8 Å². The van der Waals surface area contributed by atoms with Gasteiger partial charge in [-0.25, -0.2) is 19.5 Å². The first-order valence-electron chi connectivity index (χ1n) is 10.9. The summed E-state index contributed by atoms with van der Waals surface area (Å²) in [4.78, 5) is 11.5. The van der Waals surface area contributed by atoms with Crippen molar-refractivity contribution in [1.29, 1.82) is 0 Å². The topological polar surface area (TPSA) is 118 Å². The van der Waals surface area contributed by atoms with Crippen LogP contribution in [0.3, 0.4) is 0 Å². The number of rotatable bonds is 7. The molecule has 2 aliphatic rings. The second-order valence-corrected chi connectivity index (χ2v) is 11.3. The van der Waals surface area contributed by atoms with Gasteiger partial charge in [0.15, 0.2) is 10.8 Å². The standard InChI is InChI=1S/C22H22ClF2N7O2S2/c1-12-2-3-15(16(23)6-12)19-18(14-9-28-32(11-14)22(24)25)17-7-13(8-29-36(26,33)34)10-31(17)20(30-19)21-27-4-5-35-21/h2-6,9,11,13,19,22,29H,7-8,10H2,1H3,(H2,26,33,34)/t13?,19-/m0/s1. The lowest BCUT2D eigenvalue weighted by Crippen LogP contribution is -2.37. The van der Waals surface area contributed by atoms with Crippen LogP contribution in [-0.4, -0.2) is 47.0 Å². The van der Waals surface area contributed by atoms with Crippen LogP contribution in [0.4, 0.5) is 8.78 Å². The molecule has 0 spiro atoms. The van der Waals surface area contributed by atoms with E-state index in [0.717, 1.165) is 16.8 Å². The number of nitrogens with two attached hydrogens (primary N) is 1. The van der Waals surface area contributed by atoms with E-state index in [0.29, 0.717) is 44.6 Å². The Bertz CT molecular complexity index is 1450. The molecule has 190 valence electrons. The summed E-state index contributed by atoms with van der Waals surface area (Å²) in [5.41, 5.74) is 3.69. The second-order valence-electron chi connectivity index (χ2n) is 8.64. The van der Waals surface area contributed by atoms with Crippen molar-refractivity contribution in [1.82, 2.24) is 24.4 Å². The van der Waals surface area contributed by atoms with Crippen LogP contribution in [0.1, 0.15) is 40.7 Å². The Balaban J connectivity index is 1.68. The number of aliphatic imine (C=N–C) groups is 1. The van der Waals surface area contributed by atoms with E-state index in [9.17, 15) is 17.2 Å².